The highest BCUT2D eigenvalue weighted by Crippen LogP contribution is 2.49. The third-order valence-electron chi connectivity index (χ3n) is 5.87. The number of rotatable bonds is 6. The van der Waals surface area contributed by atoms with Crippen molar-refractivity contribution in [3.8, 4) is 0 Å². The Hall–Kier alpha value is -0.0800. The maximum atomic E-state index is 6.17. The van der Waals surface area contributed by atoms with Gasteiger partial charge in [-0.3, -0.25) is 4.90 Å². The molecule has 1 aliphatic heterocycles. The molecule has 2 rings (SSSR count). The van der Waals surface area contributed by atoms with E-state index < -0.39 is 0 Å². The molecule has 1 atom stereocenters. The summed E-state index contributed by atoms with van der Waals surface area (Å²) in [4.78, 5) is 2.76. The van der Waals surface area contributed by atoms with E-state index in [1.165, 1.54) is 51.6 Å². The Morgan fingerprint density at radius 2 is 1.88 bits per heavy atom. The molecule has 2 nitrogen and oxygen atoms in total. The third-order valence-corrected chi connectivity index (χ3v) is 5.87. The SMILES string of the molecule is CCC1(CC)CCN(C(CC)(CN)C2CC2)C1. The van der Waals surface area contributed by atoms with E-state index in [1.54, 1.807) is 0 Å². The van der Waals surface area contributed by atoms with E-state index in [4.69, 9.17) is 5.73 Å². The minimum atomic E-state index is 0.339. The lowest BCUT2D eigenvalue weighted by molar-refractivity contribution is 0.0777. The van der Waals surface area contributed by atoms with E-state index in [2.05, 4.69) is 25.7 Å². The Balaban J connectivity index is 2.12. The highest BCUT2D eigenvalue weighted by Gasteiger charge is 2.50. The van der Waals surface area contributed by atoms with Crippen LogP contribution in [0.1, 0.15) is 59.3 Å². The molecule has 0 aromatic heterocycles. The van der Waals surface area contributed by atoms with Gasteiger partial charge in [0, 0.05) is 18.6 Å². The van der Waals surface area contributed by atoms with Crippen molar-refractivity contribution >= 4 is 0 Å². The van der Waals surface area contributed by atoms with Crippen LogP contribution < -0.4 is 5.73 Å². The fourth-order valence-corrected chi connectivity index (χ4v) is 3.97. The molecule has 2 N–H and O–H groups in total. The zero-order valence-electron chi connectivity index (χ0n) is 12.0. The van der Waals surface area contributed by atoms with Gasteiger partial charge in [0.1, 0.15) is 0 Å². The van der Waals surface area contributed by atoms with Crippen molar-refractivity contribution in [3.63, 3.8) is 0 Å². The molecule has 2 heteroatoms. The zero-order valence-corrected chi connectivity index (χ0v) is 12.0. The van der Waals surface area contributed by atoms with Gasteiger partial charge in [-0.25, -0.2) is 0 Å². The lowest BCUT2D eigenvalue weighted by Gasteiger charge is -2.42. The Kier molecular flexibility index (Phi) is 3.84. The molecule has 17 heavy (non-hydrogen) atoms. The third kappa shape index (κ3) is 2.15. The Morgan fingerprint density at radius 3 is 2.24 bits per heavy atom. The number of likely N-dealkylation sites (tertiary alicyclic amines) is 1. The summed E-state index contributed by atoms with van der Waals surface area (Å²) in [6, 6.07) is 0. The van der Waals surface area contributed by atoms with Gasteiger partial charge in [0.25, 0.3) is 0 Å². The maximum Gasteiger partial charge on any atom is 0.0357 e. The van der Waals surface area contributed by atoms with Crippen molar-refractivity contribution in [1.29, 1.82) is 0 Å². The molecule has 2 fully saturated rings. The predicted octanol–water partition coefficient (Wildman–Crippen LogP) is 3.02. The summed E-state index contributed by atoms with van der Waals surface area (Å²) in [5, 5.41) is 0. The number of hydrogen-bond donors (Lipinski definition) is 1. The average molecular weight is 238 g/mol. The van der Waals surface area contributed by atoms with Gasteiger partial charge in [0.15, 0.2) is 0 Å². The van der Waals surface area contributed by atoms with E-state index in [9.17, 15) is 0 Å². The van der Waals surface area contributed by atoms with Gasteiger partial charge in [-0.1, -0.05) is 20.8 Å². The fourth-order valence-electron chi connectivity index (χ4n) is 3.97. The largest absolute Gasteiger partial charge is 0.329 e. The highest BCUT2D eigenvalue weighted by molar-refractivity contribution is 5.06. The topological polar surface area (TPSA) is 29.3 Å². The molecule has 1 unspecified atom stereocenters. The van der Waals surface area contributed by atoms with Crippen molar-refractivity contribution < 1.29 is 0 Å². The summed E-state index contributed by atoms with van der Waals surface area (Å²) in [5.74, 6) is 0.891. The van der Waals surface area contributed by atoms with Gasteiger partial charge in [-0.15, -0.1) is 0 Å². The van der Waals surface area contributed by atoms with Crippen molar-refractivity contribution in [2.75, 3.05) is 19.6 Å². The highest BCUT2D eigenvalue weighted by atomic mass is 15.2. The molecular formula is C15H30N2. The first-order valence-corrected chi connectivity index (χ1v) is 7.61. The summed E-state index contributed by atoms with van der Waals surface area (Å²) < 4.78 is 0. The summed E-state index contributed by atoms with van der Waals surface area (Å²) in [5.41, 5.74) is 7.10. The smallest absolute Gasteiger partial charge is 0.0357 e. The first-order chi connectivity index (χ1) is 8.16. The monoisotopic (exact) mass is 238 g/mol. The van der Waals surface area contributed by atoms with Crippen LogP contribution in [0, 0.1) is 11.3 Å². The minimum Gasteiger partial charge on any atom is -0.329 e. The predicted molar refractivity (Wildman–Crippen MR) is 74.0 cm³/mol. The number of nitrogens with two attached hydrogens (primary N) is 1. The first kappa shape index (κ1) is 13.4. The molecule has 0 radical (unpaired) electrons. The molecule has 1 saturated carbocycles. The zero-order chi connectivity index (χ0) is 12.5. The second kappa shape index (κ2) is 4.89. The van der Waals surface area contributed by atoms with Gasteiger partial charge in [0.2, 0.25) is 0 Å². The van der Waals surface area contributed by atoms with E-state index in [1.807, 2.05) is 0 Å². The molecule has 100 valence electrons. The van der Waals surface area contributed by atoms with Crippen LogP contribution in [0.25, 0.3) is 0 Å². The normalized spacial score (nSPS) is 28.2. The molecule has 0 bridgehead atoms. The van der Waals surface area contributed by atoms with Crippen LogP contribution in [0.2, 0.25) is 0 Å². The van der Waals surface area contributed by atoms with Gasteiger partial charge in [0.05, 0.1) is 0 Å². The van der Waals surface area contributed by atoms with Gasteiger partial charge < -0.3 is 5.73 Å². The van der Waals surface area contributed by atoms with E-state index in [0.717, 1.165) is 12.5 Å². The first-order valence-electron chi connectivity index (χ1n) is 7.61. The van der Waals surface area contributed by atoms with E-state index in [0.29, 0.717) is 11.0 Å². The summed E-state index contributed by atoms with van der Waals surface area (Å²) >= 11 is 0. The minimum absolute atomic E-state index is 0.339. The standard InChI is InChI=1S/C15H30N2/c1-4-14(5-2)9-10-17(12-14)15(6-3,11-16)13-7-8-13/h13H,4-12,16H2,1-3H3. The maximum absolute atomic E-state index is 6.17. The van der Waals surface area contributed by atoms with Crippen LogP contribution in [0.4, 0.5) is 0 Å². The molecule has 0 aromatic carbocycles. The van der Waals surface area contributed by atoms with Crippen molar-refractivity contribution in [2.45, 2.75) is 64.8 Å². The molecular weight excluding hydrogens is 208 g/mol. The quantitative estimate of drug-likeness (QED) is 0.771. The van der Waals surface area contributed by atoms with Crippen LogP contribution in [0.3, 0.4) is 0 Å². The summed E-state index contributed by atoms with van der Waals surface area (Å²) in [6.07, 6.45) is 8.09. The van der Waals surface area contributed by atoms with Crippen LogP contribution in [-0.4, -0.2) is 30.1 Å². The molecule has 1 saturated heterocycles. The molecule has 1 heterocycles. The Morgan fingerprint density at radius 1 is 1.24 bits per heavy atom. The fraction of sp³-hybridized carbons (Fsp3) is 1.00. The molecule has 2 aliphatic rings. The molecule has 0 spiro atoms. The van der Waals surface area contributed by atoms with Crippen molar-refractivity contribution in [1.82, 2.24) is 4.90 Å². The molecule has 1 aliphatic carbocycles. The van der Waals surface area contributed by atoms with Crippen molar-refractivity contribution in [3.05, 3.63) is 0 Å². The van der Waals surface area contributed by atoms with Crippen LogP contribution >= 0.6 is 0 Å². The van der Waals surface area contributed by atoms with Crippen molar-refractivity contribution in [2.24, 2.45) is 17.1 Å². The second-order valence-electron chi connectivity index (χ2n) is 6.31. The Labute approximate surface area is 107 Å². The number of hydrogen-bond acceptors (Lipinski definition) is 2. The summed E-state index contributed by atoms with van der Waals surface area (Å²) in [6.45, 7) is 10.5. The van der Waals surface area contributed by atoms with Gasteiger partial charge >= 0.3 is 0 Å². The van der Waals surface area contributed by atoms with Crippen LogP contribution in [-0.2, 0) is 0 Å². The average Bonchev–Trinajstić information content (AvgIpc) is 3.12. The number of nitrogens with zero attached hydrogens (tertiary/aromatic N) is 1. The Bertz CT molecular complexity index is 250. The second-order valence-corrected chi connectivity index (χ2v) is 6.31. The lowest BCUT2D eigenvalue weighted by Crippen LogP contribution is -2.54. The van der Waals surface area contributed by atoms with Gasteiger partial charge in [-0.2, -0.15) is 0 Å². The summed E-state index contributed by atoms with van der Waals surface area (Å²) in [7, 11) is 0. The molecule has 0 amide bonds. The van der Waals surface area contributed by atoms with Crippen LogP contribution in [0.5, 0.6) is 0 Å². The van der Waals surface area contributed by atoms with Crippen LogP contribution in [0.15, 0.2) is 0 Å². The van der Waals surface area contributed by atoms with E-state index in [-0.39, 0.29) is 0 Å². The molecule has 0 aromatic rings. The van der Waals surface area contributed by atoms with Gasteiger partial charge in [-0.05, 0) is 56.4 Å². The van der Waals surface area contributed by atoms with E-state index >= 15 is 0 Å². The lowest BCUT2D eigenvalue weighted by atomic mass is 9.81.